The molecule has 0 radical (unpaired) electrons. The molecule has 13 heavy (non-hydrogen) atoms. The standard InChI is InChI=1S/C8H11N3O2/c1-2-13-11-7-4-3-6(5-10-7)8(9)12/h3-5H,2H2,1H3,(H2,9,12)(H,10,11). The van der Waals surface area contributed by atoms with Crippen LogP contribution < -0.4 is 11.2 Å². The van der Waals surface area contributed by atoms with Crippen LogP contribution in [0.5, 0.6) is 0 Å². The number of anilines is 1. The van der Waals surface area contributed by atoms with Crippen LogP contribution in [0.1, 0.15) is 17.3 Å². The molecule has 0 spiro atoms. The van der Waals surface area contributed by atoms with E-state index < -0.39 is 5.91 Å². The van der Waals surface area contributed by atoms with E-state index in [2.05, 4.69) is 10.5 Å². The summed E-state index contributed by atoms with van der Waals surface area (Å²) in [4.78, 5) is 19.4. The SMILES string of the molecule is CCONc1ccc(C(N)=O)cn1. The number of rotatable bonds is 4. The number of carbonyl (C=O) groups is 1. The van der Waals surface area contributed by atoms with E-state index in [1.165, 1.54) is 6.20 Å². The van der Waals surface area contributed by atoms with Crippen molar-refractivity contribution in [3.8, 4) is 0 Å². The highest BCUT2D eigenvalue weighted by Crippen LogP contribution is 2.03. The first-order valence-corrected chi connectivity index (χ1v) is 3.87. The summed E-state index contributed by atoms with van der Waals surface area (Å²) in [6, 6.07) is 3.20. The lowest BCUT2D eigenvalue weighted by molar-refractivity contribution is 0.1000. The van der Waals surface area contributed by atoms with E-state index in [4.69, 9.17) is 10.6 Å². The van der Waals surface area contributed by atoms with Crippen LogP contribution in [0.2, 0.25) is 0 Å². The largest absolute Gasteiger partial charge is 0.366 e. The molecule has 0 saturated heterocycles. The Morgan fingerprint density at radius 1 is 1.69 bits per heavy atom. The molecule has 0 aliphatic carbocycles. The van der Waals surface area contributed by atoms with E-state index >= 15 is 0 Å². The van der Waals surface area contributed by atoms with Crippen molar-refractivity contribution in [2.75, 3.05) is 12.1 Å². The van der Waals surface area contributed by atoms with Gasteiger partial charge in [-0.2, -0.15) is 0 Å². The Hall–Kier alpha value is -1.62. The summed E-state index contributed by atoms with van der Waals surface area (Å²) in [7, 11) is 0. The van der Waals surface area contributed by atoms with Crippen molar-refractivity contribution >= 4 is 11.7 Å². The van der Waals surface area contributed by atoms with Gasteiger partial charge >= 0.3 is 0 Å². The first-order valence-electron chi connectivity index (χ1n) is 3.87. The first kappa shape index (κ1) is 9.47. The molecule has 0 fully saturated rings. The van der Waals surface area contributed by atoms with Crippen molar-refractivity contribution in [2.24, 2.45) is 5.73 Å². The zero-order valence-electron chi connectivity index (χ0n) is 7.28. The fourth-order valence-electron chi connectivity index (χ4n) is 0.746. The third-order valence-electron chi connectivity index (χ3n) is 1.37. The van der Waals surface area contributed by atoms with E-state index in [0.29, 0.717) is 18.0 Å². The molecule has 3 N–H and O–H groups in total. The number of hydrogen-bond acceptors (Lipinski definition) is 4. The minimum absolute atomic E-state index is 0.377. The van der Waals surface area contributed by atoms with E-state index in [9.17, 15) is 4.79 Å². The van der Waals surface area contributed by atoms with Crippen molar-refractivity contribution in [3.05, 3.63) is 23.9 Å². The molecular formula is C8H11N3O2. The topological polar surface area (TPSA) is 77.2 Å². The Labute approximate surface area is 75.9 Å². The van der Waals surface area contributed by atoms with Crippen molar-refractivity contribution < 1.29 is 9.63 Å². The second-order valence-electron chi connectivity index (χ2n) is 2.33. The molecule has 0 bridgehead atoms. The van der Waals surface area contributed by atoms with Gasteiger partial charge in [-0.3, -0.25) is 9.63 Å². The summed E-state index contributed by atoms with van der Waals surface area (Å²) in [6.45, 7) is 2.39. The van der Waals surface area contributed by atoms with Gasteiger partial charge in [0.15, 0.2) is 0 Å². The number of nitrogens with zero attached hydrogens (tertiary/aromatic N) is 1. The van der Waals surface area contributed by atoms with Gasteiger partial charge in [0.2, 0.25) is 5.91 Å². The maximum atomic E-state index is 10.7. The summed E-state index contributed by atoms with van der Waals surface area (Å²) >= 11 is 0. The summed E-state index contributed by atoms with van der Waals surface area (Å²) in [6.07, 6.45) is 1.39. The Morgan fingerprint density at radius 2 is 2.46 bits per heavy atom. The van der Waals surface area contributed by atoms with Crippen molar-refractivity contribution in [1.82, 2.24) is 4.98 Å². The Balaban J connectivity index is 2.64. The minimum atomic E-state index is -0.490. The Bertz CT molecular complexity index is 284. The first-order chi connectivity index (χ1) is 6.24. The van der Waals surface area contributed by atoms with Crippen molar-refractivity contribution in [3.63, 3.8) is 0 Å². The number of primary amides is 1. The number of aromatic nitrogens is 1. The zero-order valence-corrected chi connectivity index (χ0v) is 7.28. The Morgan fingerprint density at radius 3 is 2.92 bits per heavy atom. The molecular weight excluding hydrogens is 170 g/mol. The van der Waals surface area contributed by atoms with Gasteiger partial charge in [-0.1, -0.05) is 0 Å². The van der Waals surface area contributed by atoms with E-state index in [-0.39, 0.29) is 0 Å². The third kappa shape index (κ3) is 2.72. The highest BCUT2D eigenvalue weighted by molar-refractivity contribution is 5.92. The number of nitrogens with one attached hydrogen (secondary N) is 1. The smallest absolute Gasteiger partial charge is 0.250 e. The lowest BCUT2D eigenvalue weighted by Gasteiger charge is -2.03. The number of nitrogens with two attached hydrogens (primary N) is 1. The summed E-state index contributed by atoms with van der Waals surface area (Å²) in [5.41, 5.74) is 8.01. The minimum Gasteiger partial charge on any atom is -0.366 e. The van der Waals surface area contributed by atoms with Crippen LogP contribution in [0.25, 0.3) is 0 Å². The molecule has 1 aromatic rings. The van der Waals surface area contributed by atoms with E-state index in [1.54, 1.807) is 12.1 Å². The molecule has 5 nitrogen and oxygen atoms in total. The number of carbonyl (C=O) groups excluding carboxylic acids is 1. The molecule has 1 heterocycles. The molecule has 0 aromatic carbocycles. The van der Waals surface area contributed by atoms with Crippen molar-refractivity contribution in [2.45, 2.75) is 6.92 Å². The van der Waals surface area contributed by atoms with Gasteiger partial charge in [0.25, 0.3) is 0 Å². The van der Waals surface area contributed by atoms with Gasteiger partial charge in [0, 0.05) is 6.20 Å². The van der Waals surface area contributed by atoms with Gasteiger partial charge in [0.1, 0.15) is 5.82 Å². The predicted octanol–water partition coefficient (Wildman–Crippen LogP) is 0.544. The molecule has 0 saturated carbocycles. The quantitative estimate of drug-likeness (QED) is 0.665. The van der Waals surface area contributed by atoms with Crippen LogP contribution in [0, 0.1) is 0 Å². The summed E-state index contributed by atoms with van der Waals surface area (Å²) < 4.78 is 0. The molecule has 0 unspecified atom stereocenters. The second-order valence-corrected chi connectivity index (χ2v) is 2.33. The lowest BCUT2D eigenvalue weighted by atomic mass is 10.3. The van der Waals surface area contributed by atoms with Gasteiger partial charge in [0.05, 0.1) is 12.2 Å². The fourth-order valence-corrected chi connectivity index (χ4v) is 0.746. The predicted molar refractivity (Wildman–Crippen MR) is 48.0 cm³/mol. The van der Waals surface area contributed by atoms with Crippen LogP contribution in [0.15, 0.2) is 18.3 Å². The average molecular weight is 181 g/mol. The number of amides is 1. The van der Waals surface area contributed by atoms with Gasteiger partial charge in [-0.25, -0.2) is 10.5 Å². The number of pyridine rings is 1. The van der Waals surface area contributed by atoms with Gasteiger partial charge < -0.3 is 5.73 Å². The second kappa shape index (κ2) is 4.42. The average Bonchev–Trinajstić information content (AvgIpc) is 2.15. The van der Waals surface area contributed by atoms with Gasteiger partial charge in [-0.15, -0.1) is 0 Å². The molecule has 1 aromatic heterocycles. The van der Waals surface area contributed by atoms with Gasteiger partial charge in [-0.05, 0) is 19.1 Å². The van der Waals surface area contributed by atoms with Crippen LogP contribution in [0.4, 0.5) is 5.82 Å². The highest BCUT2D eigenvalue weighted by atomic mass is 16.6. The molecule has 5 heteroatoms. The summed E-state index contributed by atoms with van der Waals surface area (Å²) in [5.74, 6) is 0.0577. The normalized spacial score (nSPS) is 9.62. The molecule has 70 valence electrons. The fraction of sp³-hybridized carbons (Fsp3) is 0.250. The molecule has 1 amide bonds. The maximum absolute atomic E-state index is 10.7. The zero-order chi connectivity index (χ0) is 9.68. The summed E-state index contributed by atoms with van der Waals surface area (Å²) in [5, 5.41) is 0. The molecule has 0 aliphatic rings. The maximum Gasteiger partial charge on any atom is 0.250 e. The van der Waals surface area contributed by atoms with Crippen LogP contribution in [-0.4, -0.2) is 17.5 Å². The molecule has 0 atom stereocenters. The monoisotopic (exact) mass is 181 g/mol. The molecule has 1 rings (SSSR count). The van der Waals surface area contributed by atoms with E-state index in [0.717, 1.165) is 0 Å². The van der Waals surface area contributed by atoms with Crippen LogP contribution >= 0.6 is 0 Å². The lowest BCUT2D eigenvalue weighted by Crippen LogP contribution is -2.11. The number of hydrogen-bond donors (Lipinski definition) is 2. The van der Waals surface area contributed by atoms with Crippen LogP contribution in [0.3, 0.4) is 0 Å². The van der Waals surface area contributed by atoms with Crippen molar-refractivity contribution in [1.29, 1.82) is 0 Å². The Kier molecular flexibility index (Phi) is 3.22. The molecule has 0 aliphatic heterocycles. The highest BCUT2D eigenvalue weighted by Gasteiger charge is 1.99. The van der Waals surface area contributed by atoms with Crippen LogP contribution in [-0.2, 0) is 4.84 Å². The van der Waals surface area contributed by atoms with E-state index in [1.807, 2.05) is 6.92 Å². The third-order valence-corrected chi connectivity index (χ3v) is 1.37.